The van der Waals surface area contributed by atoms with Crippen molar-refractivity contribution in [2.24, 2.45) is 0 Å². The normalized spacial score (nSPS) is 10.7. The summed E-state index contributed by atoms with van der Waals surface area (Å²) in [7, 11) is 0. The van der Waals surface area contributed by atoms with Crippen LogP contribution in [0.15, 0.2) is 29.6 Å². The van der Waals surface area contributed by atoms with Crippen LogP contribution in [0.2, 0.25) is 0 Å². The fraction of sp³-hybridized carbons (Fsp3) is 0.133. The minimum Gasteiger partial charge on any atom is -0.375 e. The zero-order valence-corrected chi connectivity index (χ0v) is 14.3. The molecule has 8 heteroatoms. The number of carbonyl (C=O) groups excluding carboxylic acids is 1. The van der Waals surface area contributed by atoms with Crippen molar-refractivity contribution in [2.45, 2.75) is 13.8 Å². The molecule has 2 heterocycles. The molecule has 0 unspecified atom stereocenters. The zero-order chi connectivity index (χ0) is 16.4. The highest BCUT2D eigenvalue weighted by Gasteiger charge is 2.20. The van der Waals surface area contributed by atoms with Gasteiger partial charge in [0.2, 0.25) is 11.6 Å². The van der Waals surface area contributed by atoms with Gasteiger partial charge in [0.05, 0.1) is 11.1 Å². The average Bonchev–Trinajstić information content (AvgIpc) is 3.07. The van der Waals surface area contributed by atoms with Crippen molar-refractivity contribution in [3.05, 3.63) is 35.3 Å². The third-order valence-electron chi connectivity index (χ3n) is 3.15. The number of nitrogens with zero attached hydrogens (tertiary/aromatic N) is 1. The van der Waals surface area contributed by atoms with Gasteiger partial charge in [0, 0.05) is 24.7 Å². The maximum atomic E-state index is 11.0. The molecule has 6 N–H and O–H groups in total. The van der Waals surface area contributed by atoms with Crippen LogP contribution in [0.1, 0.15) is 12.6 Å². The Morgan fingerprint density at radius 3 is 2.70 bits per heavy atom. The number of thiazole rings is 2. The van der Waals surface area contributed by atoms with Crippen molar-refractivity contribution in [1.29, 1.82) is 0 Å². The van der Waals surface area contributed by atoms with Gasteiger partial charge >= 0.3 is 5.13 Å². The zero-order valence-electron chi connectivity index (χ0n) is 12.7. The van der Waals surface area contributed by atoms with E-state index in [1.54, 1.807) is 11.3 Å². The largest absolute Gasteiger partial charge is 0.430 e. The van der Waals surface area contributed by atoms with Crippen LogP contribution in [0.3, 0.4) is 0 Å². The molecule has 3 rings (SSSR count). The number of rotatable bonds is 4. The molecule has 0 saturated carbocycles. The number of hydrogen-bond donors (Lipinski definition) is 3. The first-order valence-electron chi connectivity index (χ1n) is 6.98. The van der Waals surface area contributed by atoms with Crippen molar-refractivity contribution < 1.29 is 15.1 Å². The number of H-pyrrole nitrogens is 1. The van der Waals surface area contributed by atoms with E-state index in [4.69, 9.17) is 5.73 Å². The highest BCUT2D eigenvalue weighted by atomic mass is 32.1. The van der Waals surface area contributed by atoms with E-state index in [0.29, 0.717) is 5.13 Å². The Bertz CT molecular complexity index is 838. The molecule has 1 amide bonds. The lowest BCUT2D eigenvalue weighted by Crippen LogP contribution is -2.72. The molecule has 6 nitrogen and oxygen atoms in total. The molecule has 0 aliphatic carbocycles. The highest BCUT2D eigenvalue weighted by molar-refractivity contribution is 7.19. The summed E-state index contributed by atoms with van der Waals surface area (Å²) in [5.41, 5.74) is 9.58. The summed E-state index contributed by atoms with van der Waals surface area (Å²) >= 11 is 3.11. The van der Waals surface area contributed by atoms with Crippen LogP contribution in [0.4, 0.5) is 21.6 Å². The van der Waals surface area contributed by atoms with Crippen LogP contribution < -0.4 is 21.4 Å². The molecule has 0 atom stereocenters. The van der Waals surface area contributed by atoms with E-state index in [0.717, 1.165) is 32.8 Å². The molecular formula is C15H17N5OS2+2. The van der Waals surface area contributed by atoms with Crippen molar-refractivity contribution >= 4 is 50.2 Å². The van der Waals surface area contributed by atoms with Crippen LogP contribution in [-0.2, 0) is 4.79 Å². The Labute approximate surface area is 141 Å². The summed E-state index contributed by atoms with van der Waals surface area (Å²) in [6, 6.07) is 7.70. The molecule has 3 aromatic rings. The Kier molecular flexibility index (Phi) is 4.37. The molecule has 0 fully saturated rings. The number of nitrogen functional groups attached to an aromatic ring is 1. The summed E-state index contributed by atoms with van der Waals surface area (Å²) < 4.78 is 0. The van der Waals surface area contributed by atoms with Gasteiger partial charge in [-0.2, -0.15) is 0 Å². The monoisotopic (exact) mass is 347 g/mol. The molecule has 2 aromatic heterocycles. The second kappa shape index (κ2) is 6.45. The molecular weight excluding hydrogens is 330 g/mol. The first kappa shape index (κ1) is 15.6. The van der Waals surface area contributed by atoms with Gasteiger partial charge in [-0.3, -0.25) is 4.79 Å². The Balaban J connectivity index is 1.74. The second-order valence-corrected chi connectivity index (χ2v) is 6.99. The third kappa shape index (κ3) is 3.73. The number of nitrogens with one attached hydrogen (secondary N) is 2. The smallest absolute Gasteiger partial charge is 0.375 e. The third-order valence-corrected chi connectivity index (χ3v) is 5.00. The predicted molar refractivity (Wildman–Crippen MR) is 93.1 cm³/mol. The molecule has 0 spiro atoms. The van der Waals surface area contributed by atoms with Crippen molar-refractivity contribution in [3.8, 4) is 10.6 Å². The molecule has 118 valence electrons. The van der Waals surface area contributed by atoms with E-state index >= 15 is 0 Å². The number of aromatic nitrogens is 2. The fourth-order valence-corrected chi connectivity index (χ4v) is 3.85. The molecule has 0 radical (unpaired) electrons. The van der Waals surface area contributed by atoms with Gasteiger partial charge in [0.15, 0.2) is 5.13 Å². The van der Waals surface area contributed by atoms with E-state index < -0.39 is 0 Å². The number of amides is 1. The topological polar surface area (TPSA) is 98.8 Å². The van der Waals surface area contributed by atoms with Crippen molar-refractivity contribution in [1.82, 2.24) is 4.98 Å². The van der Waals surface area contributed by atoms with E-state index in [-0.39, 0.29) is 5.91 Å². The van der Waals surface area contributed by atoms with Gasteiger partial charge in [0.25, 0.3) is 0 Å². The maximum Gasteiger partial charge on any atom is 0.430 e. The number of benzene rings is 1. The Hall–Kier alpha value is -2.29. The fourth-order valence-electron chi connectivity index (χ4n) is 2.18. The van der Waals surface area contributed by atoms with Crippen LogP contribution in [-0.4, -0.2) is 10.9 Å². The first-order valence-corrected chi connectivity index (χ1v) is 8.67. The maximum absolute atomic E-state index is 11.0. The second-order valence-electron chi connectivity index (χ2n) is 5.05. The Morgan fingerprint density at radius 2 is 2.09 bits per heavy atom. The van der Waals surface area contributed by atoms with Gasteiger partial charge in [-0.05, 0) is 30.4 Å². The molecule has 1 aromatic carbocycles. The molecule has 0 saturated heterocycles. The Morgan fingerprint density at radius 1 is 1.35 bits per heavy atom. The number of aryl methyl sites for hydroxylation is 1. The summed E-state index contributed by atoms with van der Waals surface area (Å²) in [4.78, 5) is 19.7. The number of quaternary nitrogens is 1. The lowest BCUT2D eigenvalue weighted by Gasteiger charge is -2.00. The molecule has 0 aliphatic heterocycles. The summed E-state index contributed by atoms with van der Waals surface area (Å²) in [5.74, 6) is -0.0721. The van der Waals surface area contributed by atoms with Gasteiger partial charge in [-0.15, -0.1) is 4.98 Å². The van der Waals surface area contributed by atoms with Crippen LogP contribution in [0.25, 0.3) is 10.6 Å². The number of nitrogens with two attached hydrogens (primary N) is 2. The highest BCUT2D eigenvalue weighted by Crippen LogP contribution is 2.30. The van der Waals surface area contributed by atoms with Crippen LogP contribution in [0, 0.1) is 6.92 Å². The van der Waals surface area contributed by atoms with E-state index in [2.05, 4.69) is 26.0 Å². The molecule has 0 bridgehead atoms. The summed E-state index contributed by atoms with van der Waals surface area (Å²) in [6.07, 6.45) is 0. The van der Waals surface area contributed by atoms with Crippen molar-refractivity contribution in [3.63, 3.8) is 0 Å². The SMILES string of the molecule is CC(=O)Nc1ccc([NH2+]c2[nH+]c(-c3sc(N)nc3C)cs2)cc1. The lowest BCUT2D eigenvalue weighted by molar-refractivity contribution is -0.573. The minimum atomic E-state index is -0.0721. The molecule has 23 heavy (non-hydrogen) atoms. The van der Waals surface area contributed by atoms with Gasteiger partial charge in [0.1, 0.15) is 10.6 Å². The number of hydrogen-bond acceptors (Lipinski definition) is 5. The van der Waals surface area contributed by atoms with Gasteiger partial charge in [-0.1, -0.05) is 11.3 Å². The van der Waals surface area contributed by atoms with Gasteiger partial charge < -0.3 is 11.1 Å². The first-order chi connectivity index (χ1) is 11.0. The number of aromatic amines is 1. The lowest BCUT2D eigenvalue weighted by atomic mass is 10.3. The summed E-state index contributed by atoms with van der Waals surface area (Å²) in [5, 5.41) is 8.50. The standard InChI is InChI=1S/C15H15N5OS2/c1-8-13(23-14(16)17-8)12-7-22-15(20-12)19-11-5-3-10(4-6-11)18-9(2)21/h3-7H,1-2H3,(H2,16,17)(H,18,21)(H,19,20)/p+2. The predicted octanol–water partition coefficient (Wildman–Crippen LogP) is 2.06. The minimum absolute atomic E-state index is 0.0721. The quantitative estimate of drug-likeness (QED) is 0.630. The van der Waals surface area contributed by atoms with Crippen LogP contribution in [0.5, 0.6) is 0 Å². The molecule has 0 aliphatic rings. The van der Waals surface area contributed by atoms with Gasteiger partial charge in [-0.25, -0.2) is 10.3 Å². The summed E-state index contributed by atoms with van der Waals surface area (Å²) in [6.45, 7) is 3.45. The van der Waals surface area contributed by atoms with E-state index in [1.165, 1.54) is 18.3 Å². The average molecular weight is 347 g/mol. The van der Waals surface area contributed by atoms with Crippen LogP contribution >= 0.6 is 22.7 Å². The van der Waals surface area contributed by atoms with E-state index in [1.807, 2.05) is 31.2 Å². The van der Waals surface area contributed by atoms with E-state index in [9.17, 15) is 4.79 Å². The number of anilines is 2. The number of carbonyl (C=O) groups is 1. The van der Waals surface area contributed by atoms with Crippen molar-refractivity contribution in [2.75, 3.05) is 11.1 Å².